The number of benzene rings is 1. The van der Waals surface area contributed by atoms with Gasteiger partial charge in [-0.25, -0.2) is 14.6 Å². The molecule has 0 unspecified atom stereocenters. The Hall–Kier alpha value is -3.64. The van der Waals surface area contributed by atoms with E-state index in [0.717, 1.165) is 5.56 Å². The number of rotatable bonds is 9. The average Bonchev–Trinajstić information content (AvgIpc) is 3.24. The molecular formula is C23H26F2N6O4. The molecule has 4 rings (SSSR count). The third-order valence-electron chi connectivity index (χ3n) is 5.64. The van der Waals surface area contributed by atoms with Gasteiger partial charge in [-0.05, 0) is 24.6 Å². The summed E-state index contributed by atoms with van der Waals surface area (Å²) in [4.78, 5) is 21.5. The lowest BCUT2D eigenvalue weighted by Gasteiger charge is -2.32. The molecule has 0 bridgehead atoms. The van der Waals surface area contributed by atoms with Gasteiger partial charge in [0.15, 0.2) is 0 Å². The van der Waals surface area contributed by atoms with Crippen LogP contribution in [0.25, 0.3) is 11.4 Å². The Labute approximate surface area is 200 Å². The van der Waals surface area contributed by atoms with Crippen molar-refractivity contribution in [1.29, 1.82) is 0 Å². The normalized spacial score (nSPS) is 16.5. The molecule has 2 aromatic heterocycles. The van der Waals surface area contributed by atoms with Crippen LogP contribution in [0.4, 0.5) is 14.7 Å². The third kappa shape index (κ3) is 5.89. The van der Waals surface area contributed by atoms with Crippen LogP contribution in [0.3, 0.4) is 0 Å². The summed E-state index contributed by atoms with van der Waals surface area (Å²) in [5.74, 6) is -0.333. The maximum atomic E-state index is 13.4. The number of carboxylic acids is 1. The van der Waals surface area contributed by atoms with Crippen LogP contribution < -0.4 is 10.5 Å². The molecule has 1 aliphatic heterocycles. The number of aliphatic carboxylic acids is 1. The maximum Gasteiger partial charge on any atom is 0.333 e. The molecule has 3 aromatic rings. The first-order chi connectivity index (χ1) is 16.8. The number of morpholine rings is 1. The van der Waals surface area contributed by atoms with Crippen LogP contribution in [0, 0.1) is 6.92 Å². The number of nitrogen functional groups attached to an aromatic ring is 1. The van der Waals surface area contributed by atoms with Crippen LogP contribution in [-0.4, -0.2) is 74.7 Å². The summed E-state index contributed by atoms with van der Waals surface area (Å²) in [6.07, 6.45) is 1.55. The summed E-state index contributed by atoms with van der Waals surface area (Å²) in [7, 11) is 0. The van der Waals surface area contributed by atoms with E-state index in [1.165, 1.54) is 6.20 Å². The minimum Gasteiger partial charge on any atom is -0.492 e. The van der Waals surface area contributed by atoms with Gasteiger partial charge in [0.2, 0.25) is 5.95 Å². The van der Waals surface area contributed by atoms with E-state index in [2.05, 4.69) is 15.1 Å². The van der Waals surface area contributed by atoms with E-state index in [0.29, 0.717) is 47.1 Å². The summed E-state index contributed by atoms with van der Waals surface area (Å²) in [5.41, 5.74) is 8.29. The van der Waals surface area contributed by atoms with Crippen molar-refractivity contribution in [3.8, 4) is 17.1 Å². The van der Waals surface area contributed by atoms with Gasteiger partial charge < -0.3 is 20.3 Å². The zero-order valence-electron chi connectivity index (χ0n) is 19.1. The minimum absolute atomic E-state index is 0.0315. The largest absolute Gasteiger partial charge is 0.492 e. The molecule has 0 aliphatic carbocycles. The molecule has 12 heteroatoms. The van der Waals surface area contributed by atoms with Gasteiger partial charge in [-0.3, -0.25) is 9.69 Å². The van der Waals surface area contributed by atoms with E-state index in [1.54, 1.807) is 24.0 Å². The van der Waals surface area contributed by atoms with E-state index in [4.69, 9.17) is 15.2 Å². The lowest BCUT2D eigenvalue weighted by molar-refractivity contribution is -0.149. The Bertz CT molecular complexity index is 1170. The standard InChI is InChI=1S/C23H26F2N6O4/c1-14-10-17(28-23(26)27-14)20-16(12-31(29-20)22(24)25)11-15-4-2-3-5-19(15)35-9-7-30-6-8-34-13-18(30)21(32)33/h2-5,10,12,18,22H,6-9,11,13H2,1H3,(H,32,33)(H2,26,27,28)/t18-/m0/s1. The van der Waals surface area contributed by atoms with E-state index < -0.39 is 18.6 Å². The highest BCUT2D eigenvalue weighted by molar-refractivity contribution is 5.73. The molecule has 186 valence electrons. The summed E-state index contributed by atoms with van der Waals surface area (Å²) in [6, 6.07) is 8.19. The van der Waals surface area contributed by atoms with Gasteiger partial charge >= 0.3 is 12.5 Å². The molecule has 1 fully saturated rings. The predicted octanol–water partition coefficient (Wildman–Crippen LogP) is 2.38. The lowest BCUT2D eigenvalue weighted by atomic mass is 10.0. The van der Waals surface area contributed by atoms with Gasteiger partial charge in [0.05, 0.1) is 18.9 Å². The molecule has 1 saturated heterocycles. The van der Waals surface area contributed by atoms with Crippen LogP contribution in [0.1, 0.15) is 23.4 Å². The molecule has 0 spiro atoms. The predicted molar refractivity (Wildman–Crippen MR) is 122 cm³/mol. The molecule has 3 N–H and O–H groups in total. The zero-order valence-corrected chi connectivity index (χ0v) is 19.1. The number of ether oxygens (including phenoxy) is 2. The fraction of sp³-hybridized carbons (Fsp3) is 0.391. The molecule has 10 nitrogen and oxygen atoms in total. The number of carboxylic acid groups (broad SMARTS) is 1. The summed E-state index contributed by atoms with van der Waals surface area (Å²) < 4.78 is 38.7. The first kappa shape index (κ1) is 24.5. The molecule has 0 radical (unpaired) electrons. The molecule has 1 aromatic carbocycles. The monoisotopic (exact) mass is 488 g/mol. The van der Waals surface area contributed by atoms with Crippen molar-refractivity contribution in [2.75, 3.05) is 38.6 Å². The quantitative estimate of drug-likeness (QED) is 0.466. The Kier molecular flexibility index (Phi) is 7.51. The van der Waals surface area contributed by atoms with Crippen molar-refractivity contribution >= 4 is 11.9 Å². The topological polar surface area (TPSA) is 129 Å². The Morgan fingerprint density at radius 1 is 1.31 bits per heavy atom. The van der Waals surface area contributed by atoms with Gasteiger partial charge in [-0.2, -0.15) is 13.9 Å². The van der Waals surface area contributed by atoms with Crippen molar-refractivity contribution < 1.29 is 28.2 Å². The van der Waals surface area contributed by atoms with Gasteiger partial charge in [0.25, 0.3) is 0 Å². The fourth-order valence-electron chi connectivity index (χ4n) is 3.99. The molecule has 0 saturated carbocycles. The van der Waals surface area contributed by atoms with E-state index in [-0.39, 0.29) is 31.3 Å². The van der Waals surface area contributed by atoms with Gasteiger partial charge in [0.1, 0.15) is 24.1 Å². The second kappa shape index (κ2) is 10.7. The number of carbonyl (C=O) groups is 1. The Morgan fingerprint density at radius 3 is 2.86 bits per heavy atom. The number of hydrogen-bond acceptors (Lipinski definition) is 8. The van der Waals surface area contributed by atoms with Gasteiger partial charge in [0, 0.05) is 37.0 Å². The first-order valence-corrected chi connectivity index (χ1v) is 11.0. The van der Waals surface area contributed by atoms with E-state index in [1.807, 2.05) is 18.2 Å². The SMILES string of the molecule is Cc1cc(-c2nn(C(F)F)cc2Cc2ccccc2OCCN2CCOC[C@H]2C(=O)O)nc(N)n1. The number of aromatic nitrogens is 4. The molecule has 3 heterocycles. The lowest BCUT2D eigenvalue weighted by Crippen LogP contribution is -2.51. The number of alkyl halides is 2. The highest BCUT2D eigenvalue weighted by atomic mass is 19.3. The Balaban J connectivity index is 1.54. The van der Waals surface area contributed by atoms with Crippen LogP contribution >= 0.6 is 0 Å². The van der Waals surface area contributed by atoms with Gasteiger partial charge in [-0.15, -0.1) is 0 Å². The average molecular weight is 488 g/mol. The van der Waals surface area contributed by atoms with Crippen molar-refractivity contribution in [1.82, 2.24) is 24.6 Å². The highest BCUT2D eigenvalue weighted by Gasteiger charge is 2.29. The van der Waals surface area contributed by atoms with E-state index in [9.17, 15) is 18.7 Å². The van der Waals surface area contributed by atoms with Crippen LogP contribution in [0.5, 0.6) is 5.75 Å². The third-order valence-corrected chi connectivity index (χ3v) is 5.64. The number of para-hydroxylation sites is 1. The van der Waals surface area contributed by atoms with E-state index >= 15 is 0 Å². The second-order valence-corrected chi connectivity index (χ2v) is 8.11. The first-order valence-electron chi connectivity index (χ1n) is 11.0. The number of aryl methyl sites for hydroxylation is 1. The van der Waals surface area contributed by atoms with Crippen molar-refractivity contribution in [3.05, 3.63) is 53.3 Å². The number of hydrogen-bond donors (Lipinski definition) is 2. The van der Waals surface area contributed by atoms with Crippen LogP contribution in [0.15, 0.2) is 36.5 Å². The van der Waals surface area contributed by atoms with Crippen LogP contribution in [-0.2, 0) is 16.0 Å². The molecular weight excluding hydrogens is 462 g/mol. The molecule has 0 amide bonds. The molecule has 35 heavy (non-hydrogen) atoms. The van der Waals surface area contributed by atoms with Gasteiger partial charge in [-0.1, -0.05) is 18.2 Å². The minimum atomic E-state index is -2.81. The summed E-state index contributed by atoms with van der Waals surface area (Å²) in [5, 5.41) is 13.4. The number of halogens is 2. The fourth-order valence-corrected chi connectivity index (χ4v) is 3.99. The molecule has 1 aliphatic rings. The smallest absolute Gasteiger partial charge is 0.333 e. The van der Waals surface area contributed by atoms with Crippen molar-refractivity contribution in [2.24, 2.45) is 0 Å². The zero-order chi connectivity index (χ0) is 24.9. The van der Waals surface area contributed by atoms with Crippen molar-refractivity contribution in [3.63, 3.8) is 0 Å². The molecule has 1 atom stereocenters. The number of nitrogens with two attached hydrogens (primary N) is 1. The van der Waals surface area contributed by atoms with Crippen molar-refractivity contribution in [2.45, 2.75) is 25.9 Å². The number of nitrogens with zero attached hydrogens (tertiary/aromatic N) is 5. The second-order valence-electron chi connectivity index (χ2n) is 8.11. The maximum absolute atomic E-state index is 13.4. The Morgan fingerprint density at radius 2 is 2.11 bits per heavy atom. The highest BCUT2D eigenvalue weighted by Crippen LogP contribution is 2.29. The number of anilines is 1. The van der Waals surface area contributed by atoms with Crippen LogP contribution in [0.2, 0.25) is 0 Å². The summed E-state index contributed by atoms with van der Waals surface area (Å²) >= 11 is 0. The summed E-state index contributed by atoms with van der Waals surface area (Å²) in [6.45, 7) is 0.677.